The van der Waals surface area contributed by atoms with Gasteiger partial charge in [-0.15, -0.1) is 0 Å². The van der Waals surface area contributed by atoms with Gasteiger partial charge in [-0.25, -0.2) is 8.42 Å². The van der Waals surface area contributed by atoms with E-state index in [1.807, 2.05) is 0 Å². The Hall–Kier alpha value is -0.180. The van der Waals surface area contributed by atoms with Crippen molar-refractivity contribution in [2.24, 2.45) is 0 Å². The molecular formula is C11H13BrClNO4S. The van der Waals surface area contributed by atoms with Crippen molar-refractivity contribution in [2.45, 2.75) is 16.9 Å². The van der Waals surface area contributed by atoms with Gasteiger partial charge in [0.05, 0.1) is 11.5 Å². The third-order valence-electron chi connectivity index (χ3n) is 3.10. The van der Waals surface area contributed by atoms with E-state index < -0.39 is 22.2 Å². The second-order valence-electron chi connectivity index (χ2n) is 4.55. The molecule has 1 aliphatic heterocycles. The maximum Gasteiger partial charge on any atom is 0.244 e. The smallest absolute Gasteiger partial charge is 0.244 e. The van der Waals surface area contributed by atoms with E-state index in [1.165, 1.54) is 18.2 Å². The van der Waals surface area contributed by atoms with Crippen LogP contribution in [0.15, 0.2) is 27.6 Å². The minimum absolute atomic E-state index is 0.0964. The lowest BCUT2D eigenvalue weighted by Crippen LogP contribution is -2.38. The van der Waals surface area contributed by atoms with Crippen LogP contribution in [0.1, 0.15) is 6.42 Å². The van der Waals surface area contributed by atoms with Crippen molar-refractivity contribution >= 4 is 37.6 Å². The van der Waals surface area contributed by atoms with Crippen molar-refractivity contribution in [3.05, 3.63) is 27.7 Å². The maximum atomic E-state index is 12.4. The number of hydrogen-bond acceptors (Lipinski definition) is 4. The van der Waals surface area contributed by atoms with Crippen molar-refractivity contribution in [3.8, 4) is 0 Å². The Labute approximate surface area is 125 Å². The molecule has 2 rings (SSSR count). The van der Waals surface area contributed by atoms with Crippen LogP contribution in [0.2, 0.25) is 5.02 Å². The summed E-state index contributed by atoms with van der Waals surface area (Å²) in [6.45, 7) is -0.393. The van der Waals surface area contributed by atoms with Crippen LogP contribution in [-0.4, -0.2) is 48.2 Å². The minimum atomic E-state index is -3.71. The molecule has 0 amide bonds. The summed E-state index contributed by atoms with van der Waals surface area (Å²) in [5.41, 5.74) is -1.36. The zero-order valence-corrected chi connectivity index (χ0v) is 13.0. The second kappa shape index (κ2) is 5.31. The number of β-amino-alcohol motifs (C(OH)–C–C–N with tert-alkyl or cyclic N) is 1. The highest BCUT2D eigenvalue weighted by Crippen LogP contribution is 2.31. The minimum Gasteiger partial charge on any atom is -0.393 e. The zero-order chi connectivity index (χ0) is 14.3. The number of aliphatic hydroxyl groups excluding tert-OH is 1. The molecule has 0 radical (unpaired) electrons. The monoisotopic (exact) mass is 369 g/mol. The molecule has 0 aromatic heterocycles. The van der Waals surface area contributed by atoms with Gasteiger partial charge in [-0.3, -0.25) is 0 Å². The zero-order valence-electron chi connectivity index (χ0n) is 9.88. The highest BCUT2D eigenvalue weighted by molar-refractivity contribution is 9.10. The van der Waals surface area contributed by atoms with Crippen LogP contribution in [0.5, 0.6) is 0 Å². The quantitative estimate of drug-likeness (QED) is 0.839. The normalized spacial score (nSPS) is 24.8. The summed E-state index contributed by atoms with van der Waals surface area (Å²) >= 11 is 8.96. The molecule has 1 aliphatic rings. The highest BCUT2D eigenvalue weighted by atomic mass is 79.9. The fourth-order valence-electron chi connectivity index (χ4n) is 1.98. The van der Waals surface area contributed by atoms with Crippen molar-refractivity contribution in [2.75, 3.05) is 19.7 Å². The predicted molar refractivity (Wildman–Crippen MR) is 74.6 cm³/mol. The van der Waals surface area contributed by atoms with Crippen LogP contribution < -0.4 is 0 Å². The van der Waals surface area contributed by atoms with Gasteiger partial charge < -0.3 is 10.2 Å². The topological polar surface area (TPSA) is 77.8 Å². The van der Waals surface area contributed by atoms with Crippen LogP contribution in [0.4, 0.5) is 0 Å². The van der Waals surface area contributed by atoms with Crippen LogP contribution in [0.25, 0.3) is 0 Å². The predicted octanol–water partition coefficient (Wildman–Crippen LogP) is 1.22. The standard InChI is InChI=1S/C11H13BrClNO4S/c12-9-5-8(13)1-2-10(9)19(17,18)14-4-3-11(16,6-14)7-15/h1-2,5,15-16H,3-4,6-7H2. The van der Waals surface area contributed by atoms with Gasteiger partial charge in [0.15, 0.2) is 0 Å². The van der Waals surface area contributed by atoms with E-state index in [2.05, 4.69) is 15.9 Å². The van der Waals surface area contributed by atoms with E-state index >= 15 is 0 Å². The molecular weight excluding hydrogens is 358 g/mol. The molecule has 106 valence electrons. The first-order chi connectivity index (χ1) is 8.78. The SMILES string of the molecule is O=S(=O)(c1ccc(Cl)cc1Br)N1CCC(O)(CO)C1. The molecule has 8 heteroatoms. The summed E-state index contributed by atoms with van der Waals surface area (Å²) in [4.78, 5) is 0.0964. The molecule has 1 atom stereocenters. The van der Waals surface area contributed by atoms with Crippen molar-refractivity contribution in [3.63, 3.8) is 0 Å². The number of benzene rings is 1. The third kappa shape index (κ3) is 2.96. The molecule has 5 nitrogen and oxygen atoms in total. The summed E-state index contributed by atoms with van der Waals surface area (Å²) in [6.07, 6.45) is 0.216. The van der Waals surface area contributed by atoms with E-state index in [0.29, 0.717) is 9.50 Å². The highest BCUT2D eigenvalue weighted by Gasteiger charge is 2.41. The lowest BCUT2D eigenvalue weighted by molar-refractivity contribution is -0.000735. The molecule has 1 fully saturated rings. The molecule has 1 aromatic rings. The first-order valence-electron chi connectivity index (χ1n) is 5.57. The first kappa shape index (κ1) is 15.2. The third-order valence-corrected chi connectivity index (χ3v) is 6.16. The Morgan fingerprint density at radius 3 is 2.68 bits per heavy atom. The van der Waals surface area contributed by atoms with Crippen LogP contribution in [-0.2, 0) is 10.0 Å². The Bertz CT molecular complexity index is 594. The second-order valence-corrected chi connectivity index (χ2v) is 7.74. The van der Waals surface area contributed by atoms with E-state index in [9.17, 15) is 13.5 Å². The Kier molecular flexibility index (Phi) is 4.25. The Balaban J connectivity index is 2.34. The summed E-state index contributed by atoms with van der Waals surface area (Å²) in [5.74, 6) is 0. The number of halogens is 2. The van der Waals surface area contributed by atoms with Gasteiger partial charge in [0.2, 0.25) is 10.0 Å². The summed E-state index contributed by atoms with van der Waals surface area (Å²) in [5, 5.41) is 19.4. The maximum absolute atomic E-state index is 12.4. The number of aliphatic hydroxyl groups is 2. The number of rotatable bonds is 3. The largest absolute Gasteiger partial charge is 0.393 e. The average molecular weight is 371 g/mol. The van der Waals surface area contributed by atoms with Crippen molar-refractivity contribution in [1.29, 1.82) is 0 Å². The lowest BCUT2D eigenvalue weighted by atomic mass is 10.1. The van der Waals surface area contributed by atoms with Crippen molar-refractivity contribution in [1.82, 2.24) is 4.31 Å². The number of nitrogens with zero attached hydrogens (tertiary/aromatic N) is 1. The molecule has 1 unspecified atom stereocenters. The summed E-state index contributed by atoms with van der Waals surface area (Å²) in [7, 11) is -3.71. The van der Waals surface area contributed by atoms with Gasteiger partial charge in [0.1, 0.15) is 5.60 Å². The van der Waals surface area contributed by atoms with E-state index in [-0.39, 0.29) is 24.4 Å². The Morgan fingerprint density at radius 1 is 1.47 bits per heavy atom. The van der Waals surface area contributed by atoms with Gasteiger partial charge in [-0.2, -0.15) is 4.31 Å². The molecule has 1 aromatic carbocycles. The van der Waals surface area contributed by atoms with Gasteiger partial charge >= 0.3 is 0 Å². The molecule has 0 saturated carbocycles. The average Bonchev–Trinajstić information content (AvgIpc) is 2.73. The molecule has 0 bridgehead atoms. The summed E-state index contributed by atoms with van der Waals surface area (Å²) < 4.78 is 26.4. The van der Waals surface area contributed by atoms with Crippen molar-refractivity contribution < 1.29 is 18.6 Å². The number of sulfonamides is 1. The van der Waals surface area contributed by atoms with Crippen LogP contribution >= 0.6 is 27.5 Å². The first-order valence-corrected chi connectivity index (χ1v) is 8.18. The van der Waals surface area contributed by atoms with E-state index in [0.717, 1.165) is 4.31 Å². The van der Waals surface area contributed by atoms with Gasteiger partial charge in [-0.05, 0) is 40.5 Å². The van der Waals surface area contributed by atoms with Gasteiger partial charge in [0, 0.05) is 22.6 Å². The molecule has 2 N–H and O–H groups in total. The Morgan fingerprint density at radius 2 is 2.16 bits per heavy atom. The molecule has 1 saturated heterocycles. The van der Waals surface area contributed by atoms with Crippen LogP contribution in [0, 0.1) is 0 Å². The van der Waals surface area contributed by atoms with Gasteiger partial charge in [0.25, 0.3) is 0 Å². The molecule has 19 heavy (non-hydrogen) atoms. The van der Waals surface area contributed by atoms with E-state index in [1.54, 1.807) is 0 Å². The number of hydrogen-bond donors (Lipinski definition) is 2. The molecule has 0 spiro atoms. The molecule has 0 aliphatic carbocycles. The van der Waals surface area contributed by atoms with E-state index in [4.69, 9.17) is 16.7 Å². The lowest BCUT2D eigenvalue weighted by Gasteiger charge is -2.21. The van der Waals surface area contributed by atoms with Gasteiger partial charge in [-0.1, -0.05) is 11.6 Å². The van der Waals surface area contributed by atoms with Crippen LogP contribution in [0.3, 0.4) is 0 Å². The molecule has 1 heterocycles. The fourth-order valence-corrected chi connectivity index (χ4v) is 4.84. The fraction of sp³-hybridized carbons (Fsp3) is 0.455. The summed E-state index contributed by atoms with van der Waals surface area (Å²) in [6, 6.07) is 4.41.